The van der Waals surface area contributed by atoms with Crippen molar-refractivity contribution in [3.8, 4) is 0 Å². The minimum absolute atomic E-state index is 0.800. The molecule has 2 N–H and O–H groups in total. The zero-order valence-electron chi connectivity index (χ0n) is 4.67. The van der Waals surface area contributed by atoms with Crippen LogP contribution in [0, 0.1) is 0 Å². The largest absolute Gasteiger partial charge is 0.426 e. The summed E-state index contributed by atoms with van der Waals surface area (Å²) < 4.78 is 35.6. The molecule has 1 atom stereocenters. The van der Waals surface area contributed by atoms with Crippen LogP contribution in [0.1, 0.15) is 0 Å². The highest BCUT2D eigenvalue weighted by atomic mass is 35.5. The molecule has 0 aliphatic carbocycles. The van der Waals surface area contributed by atoms with E-state index in [2.05, 4.69) is 5.43 Å². The van der Waals surface area contributed by atoms with Gasteiger partial charge in [-0.1, -0.05) is 11.6 Å². The van der Waals surface area contributed by atoms with E-state index in [1.54, 1.807) is 0 Å². The van der Waals surface area contributed by atoms with Gasteiger partial charge in [0.1, 0.15) is 0 Å². The summed E-state index contributed by atoms with van der Waals surface area (Å²) in [5.41, 5.74) is 3.99. The molecule has 0 spiro atoms. The molecule has 0 saturated heterocycles. The summed E-state index contributed by atoms with van der Waals surface area (Å²) in [6.45, 7) is 0. The molecule has 0 aromatic carbocycles. The smallest absolute Gasteiger partial charge is 0.327 e. The van der Waals surface area contributed by atoms with E-state index >= 15 is 0 Å². The number of halogens is 4. The highest BCUT2D eigenvalue weighted by Crippen LogP contribution is 2.35. The van der Waals surface area contributed by atoms with Crippen molar-refractivity contribution in [2.75, 3.05) is 0 Å². The second-order valence-electron chi connectivity index (χ2n) is 1.81. The van der Waals surface area contributed by atoms with Crippen LogP contribution in [0.2, 0.25) is 0 Å². The number of nitrogens with one attached hydrogen (secondary N) is 2. The van der Waals surface area contributed by atoms with Gasteiger partial charge < -0.3 is 5.43 Å². The molecular weight excluding hydrogens is 169 g/mol. The average Bonchev–Trinajstić information content (AvgIpc) is 2.13. The summed E-state index contributed by atoms with van der Waals surface area (Å²) in [6.07, 6.45) is -2.58. The molecule has 1 heterocycles. The third-order valence-electron chi connectivity index (χ3n) is 1.06. The van der Waals surface area contributed by atoms with Crippen LogP contribution in [0.5, 0.6) is 0 Å². The van der Waals surface area contributed by atoms with Crippen molar-refractivity contribution in [2.24, 2.45) is 0 Å². The van der Waals surface area contributed by atoms with Gasteiger partial charge in [-0.3, -0.25) is 0 Å². The lowest BCUT2D eigenvalue weighted by atomic mass is 10.3. The lowest BCUT2D eigenvalue weighted by molar-refractivity contribution is -0.156. The molecule has 0 amide bonds. The Morgan fingerprint density at radius 1 is 1.40 bits per heavy atom. The first-order valence-electron chi connectivity index (χ1n) is 2.42. The minimum atomic E-state index is -4.48. The predicted molar refractivity (Wildman–Crippen MR) is 30.1 cm³/mol. The SMILES string of the molecule is FC(F)(F)C1(Cl)C=CNN1. The first kappa shape index (κ1) is 7.68. The third-order valence-corrected chi connectivity index (χ3v) is 1.50. The Balaban J connectivity index is 2.78. The number of hydrazine groups is 1. The van der Waals surface area contributed by atoms with Gasteiger partial charge in [-0.15, -0.1) is 0 Å². The van der Waals surface area contributed by atoms with Crippen molar-refractivity contribution in [1.29, 1.82) is 0 Å². The van der Waals surface area contributed by atoms with Crippen LogP contribution in [0.4, 0.5) is 13.2 Å². The zero-order chi connectivity index (χ0) is 7.83. The van der Waals surface area contributed by atoms with Crippen molar-refractivity contribution >= 4 is 11.6 Å². The van der Waals surface area contributed by atoms with E-state index in [-0.39, 0.29) is 0 Å². The highest BCUT2D eigenvalue weighted by molar-refractivity contribution is 6.25. The van der Waals surface area contributed by atoms with Gasteiger partial charge in [-0.25, -0.2) is 5.43 Å². The highest BCUT2D eigenvalue weighted by Gasteiger charge is 2.53. The van der Waals surface area contributed by atoms with E-state index in [1.807, 2.05) is 5.43 Å². The summed E-state index contributed by atoms with van der Waals surface area (Å²) in [4.78, 5) is -2.44. The van der Waals surface area contributed by atoms with Crippen molar-refractivity contribution in [3.63, 3.8) is 0 Å². The Morgan fingerprint density at radius 2 is 2.00 bits per heavy atom. The fourth-order valence-electron chi connectivity index (χ4n) is 0.510. The molecule has 0 fully saturated rings. The lowest BCUT2D eigenvalue weighted by Gasteiger charge is -2.22. The molecule has 1 aliphatic rings. The Kier molecular flexibility index (Phi) is 1.56. The number of rotatable bonds is 0. The van der Waals surface area contributed by atoms with E-state index in [4.69, 9.17) is 11.6 Å². The Hall–Kier alpha value is -0.420. The second-order valence-corrected chi connectivity index (χ2v) is 2.41. The van der Waals surface area contributed by atoms with Gasteiger partial charge in [0.05, 0.1) is 0 Å². The van der Waals surface area contributed by atoms with Crippen LogP contribution >= 0.6 is 11.6 Å². The first-order chi connectivity index (χ1) is 4.46. The van der Waals surface area contributed by atoms with Crippen LogP contribution < -0.4 is 10.9 Å². The van der Waals surface area contributed by atoms with Gasteiger partial charge in [0.15, 0.2) is 0 Å². The van der Waals surface area contributed by atoms with E-state index in [0.29, 0.717) is 0 Å². The fraction of sp³-hybridized carbons (Fsp3) is 0.500. The maximum atomic E-state index is 11.9. The molecular formula is C4H4ClF3N2. The van der Waals surface area contributed by atoms with Gasteiger partial charge in [-0.05, 0) is 6.08 Å². The molecule has 0 aromatic heterocycles. The summed E-state index contributed by atoms with van der Waals surface area (Å²) in [7, 11) is 0. The minimum Gasteiger partial charge on any atom is -0.327 e. The van der Waals surface area contributed by atoms with Gasteiger partial charge in [0.25, 0.3) is 0 Å². The van der Waals surface area contributed by atoms with Gasteiger partial charge in [0.2, 0.25) is 5.00 Å². The molecule has 0 bridgehead atoms. The van der Waals surface area contributed by atoms with Crippen molar-refractivity contribution < 1.29 is 13.2 Å². The number of alkyl halides is 4. The van der Waals surface area contributed by atoms with Gasteiger partial charge >= 0.3 is 6.18 Å². The quantitative estimate of drug-likeness (QED) is 0.423. The fourth-order valence-corrected chi connectivity index (χ4v) is 0.628. The second kappa shape index (κ2) is 2.03. The summed E-state index contributed by atoms with van der Waals surface area (Å²) in [5.74, 6) is 0. The molecule has 1 aliphatic heterocycles. The Morgan fingerprint density at radius 3 is 2.20 bits per heavy atom. The molecule has 0 saturated carbocycles. The van der Waals surface area contributed by atoms with Crippen molar-refractivity contribution in [1.82, 2.24) is 10.9 Å². The molecule has 1 rings (SSSR count). The lowest BCUT2D eigenvalue weighted by Crippen LogP contribution is -2.50. The first-order valence-corrected chi connectivity index (χ1v) is 2.79. The average molecular weight is 173 g/mol. The Bertz CT molecular complexity index is 166. The van der Waals surface area contributed by atoms with Gasteiger partial charge in [-0.2, -0.15) is 13.2 Å². The number of hydrogen-bond donors (Lipinski definition) is 2. The summed E-state index contributed by atoms with van der Waals surface area (Å²) in [6, 6.07) is 0. The van der Waals surface area contributed by atoms with Crippen LogP contribution in [0.25, 0.3) is 0 Å². The summed E-state index contributed by atoms with van der Waals surface area (Å²) >= 11 is 5.06. The molecule has 1 unspecified atom stereocenters. The monoisotopic (exact) mass is 172 g/mol. The molecule has 0 aromatic rings. The topological polar surface area (TPSA) is 24.1 Å². The van der Waals surface area contributed by atoms with Crippen LogP contribution in [0.15, 0.2) is 12.3 Å². The maximum absolute atomic E-state index is 11.9. The van der Waals surface area contributed by atoms with E-state index in [0.717, 1.165) is 12.3 Å². The van der Waals surface area contributed by atoms with E-state index in [9.17, 15) is 13.2 Å². The predicted octanol–water partition coefficient (Wildman–Crippen LogP) is 1.11. The van der Waals surface area contributed by atoms with Crippen LogP contribution in [-0.2, 0) is 0 Å². The summed E-state index contributed by atoms with van der Waals surface area (Å²) in [5, 5.41) is 0. The third kappa shape index (κ3) is 1.06. The van der Waals surface area contributed by atoms with E-state index < -0.39 is 11.2 Å². The van der Waals surface area contributed by atoms with Crippen LogP contribution in [-0.4, -0.2) is 11.2 Å². The standard InChI is InChI=1S/C4H4ClF3N2/c5-3(4(6,7)8)1-2-9-10-3/h1-2,9-10H. The normalized spacial score (nSPS) is 32.4. The zero-order valence-corrected chi connectivity index (χ0v) is 5.42. The molecule has 10 heavy (non-hydrogen) atoms. The van der Waals surface area contributed by atoms with Crippen molar-refractivity contribution in [3.05, 3.63) is 12.3 Å². The molecule has 2 nitrogen and oxygen atoms in total. The maximum Gasteiger partial charge on any atom is 0.426 e. The van der Waals surface area contributed by atoms with E-state index in [1.165, 1.54) is 0 Å². The van der Waals surface area contributed by atoms with Gasteiger partial charge in [0, 0.05) is 6.20 Å². The Labute approximate surface area is 60.0 Å². The molecule has 0 radical (unpaired) electrons. The number of hydrogen-bond acceptors (Lipinski definition) is 2. The molecule has 6 heteroatoms. The van der Waals surface area contributed by atoms with Crippen molar-refractivity contribution in [2.45, 2.75) is 11.2 Å². The van der Waals surface area contributed by atoms with Crippen LogP contribution in [0.3, 0.4) is 0 Å². The molecule has 58 valence electrons.